The van der Waals surface area contributed by atoms with Gasteiger partial charge in [-0.1, -0.05) is 13.8 Å². The molecule has 92 valence electrons. The highest BCUT2D eigenvalue weighted by molar-refractivity contribution is 5.29. The maximum absolute atomic E-state index is 6.03. The highest BCUT2D eigenvalue weighted by atomic mass is 15.3. The predicted molar refractivity (Wildman–Crippen MR) is 68.6 cm³/mol. The van der Waals surface area contributed by atoms with Crippen LogP contribution in [0, 0.1) is 5.92 Å². The lowest BCUT2D eigenvalue weighted by molar-refractivity contribution is 0.464. The van der Waals surface area contributed by atoms with Crippen LogP contribution in [-0.4, -0.2) is 29.2 Å². The third kappa shape index (κ3) is 3.23. The summed E-state index contributed by atoms with van der Waals surface area (Å²) in [6.07, 6.45) is 4.86. The van der Waals surface area contributed by atoms with Crippen molar-refractivity contribution in [3.8, 4) is 0 Å². The van der Waals surface area contributed by atoms with Crippen molar-refractivity contribution >= 4 is 5.95 Å². The van der Waals surface area contributed by atoms with E-state index < -0.39 is 0 Å². The summed E-state index contributed by atoms with van der Waals surface area (Å²) in [5.74, 6) is 1.57. The third-order valence-electron chi connectivity index (χ3n) is 3.03. The van der Waals surface area contributed by atoms with E-state index in [0.29, 0.717) is 5.92 Å². The molecular formula is C12H24N4. The van der Waals surface area contributed by atoms with Crippen LogP contribution < -0.4 is 10.6 Å². The fourth-order valence-electron chi connectivity index (χ4n) is 1.66. The van der Waals surface area contributed by atoms with Crippen LogP contribution in [0.4, 0.5) is 5.95 Å². The highest BCUT2D eigenvalue weighted by Gasteiger charge is 2.11. The molecule has 0 aliphatic rings. The van der Waals surface area contributed by atoms with E-state index in [-0.39, 0.29) is 6.04 Å². The molecule has 0 saturated heterocycles. The maximum atomic E-state index is 6.03. The summed E-state index contributed by atoms with van der Waals surface area (Å²) in [6, 6.07) is 0.271. The predicted octanol–water partition coefficient (Wildman–Crippen LogP) is 1.71. The fourth-order valence-corrected chi connectivity index (χ4v) is 1.66. The zero-order valence-electron chi connectivity index (χ0n) is 10.8. The molecule has 1 atom stereocenters. The van der Waals surface area contributed by atoms with Crippen LogP contribution in [0.2, 0.25) is 0 Å². The minimum atomic E-state index is 0.271. The number of aromatic nitrogens is 2. The number of rotatable bonds is 6. The maximum Gasteiger partial charge on any atom is 0.205 e. The van der Waals surface area contributed by atoms with Crippen molar-refractivity contribution in [3.05, 3.63) is 12.4 Å². The van der Waals surface area contributed by atoms with Gasteiger partial charge < -0.3 is 15.2 Å². The molecule has 0 radical (unpaired) electrons. The van der Waals surface area contributed by atoms with Gasteiger partial charge in [-0.25, -0.2) is 4.98 Å². The molecule has 1 aromatic rings. The van der Waals surface area contributed by atoms with Crippen molar-refractivity contribution < 1.29 is 0 Å². The Bertz CT molecular complexity index is 306. The number of nitrogens with two attached hydrogens (primary N) is 1. The highest BCUT2D eigenvalue weighted by Crippen LogP contribution is 2.11. The first-order valence-electron chi connectivity index (χ1n) is 6.04. The lowest BCUT2D eigenvalue weighted by Gasteiger charge is -2.22. The molecule has 0 aliphatic carbocycles. The standard InChI is InChI=1S/C12H24N4/c1-5-16-9-7-14-12(16)15(4)8-6-11(13)10(2)3/h7,9-11H,5-6,8,13H2,1-4H3. The van der Waals surface area contributed by atoms with Crippen LogP contribution in [0.15, 0.2) is 12.4 Å². The van der Waals surface area contributed by atoms with E-state index in [4.69, 9.17) is 5.73 Å². The van der Waals surface area contributed by atoms with Gasteiger partial charge in [0, 0.05) is 38.6 Å². The largest absolute Gasteiger partial charge is 0.345 e. The van der Waals surface area contributed by atoms with E-state index in [1.807, 2.05) is 12.4 Å². The molecule has 0 bridgehead atoms. The molecule has 16 heavy (non-hydrogen) atoms. The molecule has 2 N–H and O–H groups in total. The van der Waals surface area contributed by atoms with E-state index in [1.54, 1.807) is 0 Å². The number of hydrogen-bond acceptors (Lipinski definition) is 3. The Balaban J connectivity index is 2.49. The van der Waals surface area contributed by atoms with Gasteiger partial charge in [0.1, 0.15) is 0 Å². The first kappa shape index (κ1) is 13.0. The summed E-state index contributed by atoms with van der Waals surface area (Å²) in [5.41, 5.74) is 6.03. The van der Waals surface area contributed by atoms with Crippen molar-refractivity contribution in [2.75, 3.05) is 18.5 Å². The van der Waals surface area contributed by atoms with Crippen LogP contribution in [-0.2, 0) is 6.54 Å². The van der Waals surface area contributed by atoms with E-state index in [0.717, 1.165) is 25.5 Å². The SMILES string of the molecule is CCn1ccnc1N(C)CCC(N)C(C)C. The Kier molecular flexibility index (Phi) is 4.80. The minimum Gasteiger partial charge on any atom is -0.345 e. The quantitative estimate of drug-likeness (QED) is 0.800. The second-order valence-corrected chi connectivity index (χ2v) is 4.63. The number of hydrogen-bond donors (Lipinski definition) is 1. The van der Waals surface area contributed by atoms with Gasteiger partial charge in [-0.3, -0.25) is 0 Å². The number of nitrogens with zero attached hydrogens (tertiary/aromatic N) is 3. The van der Waals surface area contributed by atoms with Gasteiger partial charge in [-0.15, -0.1) is 0 Å². The molecule has 1 rings (SSSR count). The first-order valence-corrected chi connectivity index (χ1v) is 6.04. The number of aryl methyl sites for hydroxylation is 1. The lowest BCUT2D eigenvalue weighted by Crippen LogP contribution is -2.32. The van der Waals surface area contributed by atoms with Crippen LogP contribution in [0.3, 0.4) is 0 Å². The average Bonchev–Trinajstić information content (AvgIpc) is 2.73. The smallest absolute Gasteiger partial charge is 0.205 e. The van der Waals surface area contributed by atoms with Crippen LogP contribution in [0.1, 0.15) is 27.2 Å². The van der Waals surface area contributed by atoms with E-state index in [9.17, 15) is 0 Å². The number of imidazole rings is 1. The van der Waals surface area contributed by atoms with Gasteiger partial charge >= 0.3 is 0 Å². The van der Waals surface area contributed by atoms with Gasteiger partial charge in [0.05, 0.1) is 0 Å². The molecule has 1 heterocycles. The number of anilines is 1. The van der Waals surface area contributed by atoms with Gasteiger partial charge in [0.2, 0.25) is 5.95 Å². The van der Waals surface area contributed by atoms with Crippen molar-refractivity contribution in [2.24, 2.45) is 11.7 Å². The van der Waals surface area contributed by atoms with Gasteiger partial charge in [-0.05, 0) is 19.3 Å². The molecule has 1 aromatic heterocycles. The molecule has 0 amide bonds. The van der Waals surface area contributed by atoms with Crippen molar-refractivity contribution in [1.82, 2.24) is 9.55 Å². The monoisotopic (exact) mass is 224 g/mol. The first-order chi connectivity index (χ1) is 7.56. The zero-order valence-corrected chi connectivity index (χ0v) is 10.8. The normalized spacial score (nSPS) is 13.1. The van der Waals surface area contributed by atoms with Crippen molar-refractivity contribution in [2.45, 2.75) is 39.8 Å². The fraction of sp³-hybridized carbons (Fsp3) is 0.750. The Morgan fingerprint density at radius 2 is 2.19 bits per heavy atom. The Morgan fingerprint density at radius 1 is 1.50 bits per heavy atom. The summed E-state index contributed by atoms with van der Waals surface area (Å²) in [6.45, 7) is 8.36. The van der Waals surface area contributed by atoms with Crippen molar-refractivity contribution in [3.63, 3.8) is 0 Å². The summed E-state index contributed by atoms with van der Waals surface area (Å²) in [7, 11) is 2.07. The molecule has 0 aliphatic heterocycles. The van der Waals surface area contributed by atoms with Gasteiger partial charge in [0.15, 0.2) is 0 Å². The van der Waals surface area contributed by atoms with Gasteiger partial charge in [0.25, 0.3) is 0 Å². The van der Waals surface area contributed by atoms with E-state index >= 15 is 0 Å². The summed E-state index contributed by atoms with van der Waals surface area (Å²) < 4.78 is 2.14. The van der Waals surface area contributed by atoms with E-state index in [2.05, 4.69) is 42.3 Å². The summed E-state index contributed by atoms with van der Waals surface area (Å²) in [5, 5.41) is 0. The average molecular weight is 224 g/mol. The summed E-state index contributed by atoms with van der Waals surface area (Å²) in [4.78, 5) is 6.53. The summed E-state index contributed by atoms with van der Waals surface area (Å²) >= 11 is 0. The molecular weight excluding hydrogens is 200 g/mol. The Labute approximate surface area is 98.5 Å². The minimum absolute atomic E-state index is 0.271. The zero-order chi connectivity index (χ0) is 12.1. The molecule has 0 fully saturated rings. The Morgan fingerprint density at radius 3 is 2.75 bits per heavy atom. The molecule has 0 aromatic carbocycles. The Hall–Kier alpha value is -1.03. The molecule has 4 nitrogen and oxygen atoms in total. The van der Waals surface area contributed by atoms with Crippen molar-refractivity contribution in [1.29, 1.82) is 0 Å². The third-order valence-corrected chi connectivity index (χ3v) is 3.03. The van der Waals surface area contributed by atoms with Crippen LogP contribution in [0.25, 0.3) is 0 Å². The molecule has 0 saturated carbocycles. The second kappa shape index (κ2) is 5.89. The molecule has 4 heteroatoms. The van der Waals surface area contributed by atoms with Gasteiger partial charge in [-0.2, -0.15) is 0 Å². The lowest BCUT2D eigenvalue weighted by atomic mass is 10.0. The molecule has 0 spiro atoms. The van der Waals surface area contributed by atoms with Crippen LogP contribution >= 0.6 is 0 Å². The van der Waals surface area contributed by atoms with E-state index in [1.165, 1.54) is 0 Å². The topological polar surface area (TPSA) is 47.1 Å². The second-order valence-electron chi connectivity index (χ2n) is 4.63. The molecule has 1 unspecified atom stereocenters. The van der Waals surface area contributed by atoms with Crippen LogP contribution in [0.5, 0.6) is 0 Å².